The fraction of sp³-hybridized carbons (Fsp3) is 0.350. The third kappa shape index (κ3) is 4.07. The van der Waals surface area contributed by atoms with Crippen LogP contribution in [0, 0.1) is 11.7 Å². The highest BCUT2D eigenvalue weighted by atomic mass is 79.9. The molecular formula is C20H21BrFNO3. The molecule has 0 aromatic heterocycles. The second-order valence-electron chi connectivity index (χ2n) is 6.52. The van der Waals surface area contributed by atoms with Crippen molar-refractivity contribution in [2.75, 3.05) is 20.2 Å². The van der Waals surface area contributed by atoms with E-state index in [1.807, 2.05) is 30.3 Å². The van der Waals surface area contributed by atoms with Crippen LogP contribution in [0.2, 0.25) is 0 Å². The second kappa shape index (κ2) is 8.18. The van der Waals surface area contributed by atoms with Gasteiger partial charge in [-0.15, -0.1) is 0 Å². The van der Waals surface area contributed by atoms with Gasteiger partial charge in [0.1, 0.15) is 0 Å². The lowest BCUT2D eigenvalue weighted by molar-refractivity contribution is -0.143. The molecule has 0 radical (unpaired) electrons. The van der Waals surface area contributed by atoms with E-state index in [0.29, 0.717) is 13.0 Å². The first kappa shape index (κ1) is 18.9. The molecule has 1 aliphatic rings. The Balaban J connectivity index is 2.02. The molecule has 2 aromatic rings. The summed E-state index contributed by atoms with van der Waals surface area (Å²) in [4.78, 5) is 13.6. The first-order valence-corrected chi connectivity index (χ1v) is 9.34. The average molecular weight is 422 g/mol. The standard InChI is InChI=1S/C20H21BrFNO3/c1-26-18-8-7-14(11-17(18)22)19(13-4-2-6-16(21)10-13)23-9-3-5-15(12-23)20(24)25/h2,4,6-8,10-11,15,19H,3,5,9,12H2,1H3,(H,24,25). The zero-order valence-electron chi connectivity index (χ0n) is 14.5. The highest BCUT2D eigenvalue weighted by Gasteiger charge is 2.31. The Kier molecular flexibility index (Phi) is 5.94. The number of piperidine rings is 1. The van der Waals surface area contributed by atoms with Crippen LogP contribution < -0.4 is 4.74 Å². The van der Waals surface area contributed by atoms with Crippen molar-refractivity contribution >= 4 is 21.9 Å². The van der Waals surface area contributed by atoms with Gasteiger partial charge in [-0.3, -0.25) is 9.69 Å². The molecule has 0 spiro atoms. The minimum absolute atomic E-state index is 0.198. The van der Waals surface area contributed by atoms with Gasteiger partial charge in [0.25, 0.3) is 0 Å². The van der Waals surface area contributed by atoms with Gasteiger partial charge in [-0.1, -0.05) is 34.1 Å². The lowest BCUT2D eigenvalue weighted by Crippen LogP contribution is -2.41. The van der Waals surface area contributed by atoms with Gasteiger partial charge in [-0.2, -0.15) is 0 Å². The van der Waals surface area contributed by atoms with Crippen molar-refractivity contribution in [3.05, 3.63) is 63.9 Å². The molecule has 26 heavy (non-hydrogen) atoms. The first-order chi connectivity index (χ1) is 12.5. The maximum atomic E-state index is 14.3. The van der Waals surface area contributed by atoms with Gasteiger partial charge in [-0.05, 0) is 54.8 Å². The first-order valence-electron chi connectivity index (χ1n) is 8.55. The largest absolute Gasteiger partial charge is 0.494 e. The minimum Gasteiger partial charge on any atom is -0.494 e. The lowest BCUT2D eigenvalue weighted by Gasteiger charge is -2.37. The summed E-state index contributed by atoms with van der Waals surface area (Å²) >= 11 is 3.49. The minimum atomic E-state index is -0.774. The maximum absolute atomic E-state index is 14.3. The molecule has 2 aromatic carbocycles. The van der Waals surface area contributed by atoms with Gasteiger partial charge < -0.3 is 9.84 Å². The third-order valence-electron chi connectivity index (χ3n) is 4.82. The number of hydrogen-bond acceptors (Lipinski definition) is 3. The maximum Gasteiger partial charge on any atom is 0.307 e. The predicted octanol–water partition coefficient (Wildman–Crippen LogP) is 4.48. The summed E-state index contributed by atoms with van der Waals surface area (Å²) in [5.74, 6) is -1.40. The number of carbonyl (C=O) groups is 1. The molecule has 0 aliphatic carbocycles. The van der Waals surface area contributed by atoms with Crippen LogP contribution in [0.3, 0.4) is 0 Å². The number of hydrogen-bond donors (Lipinski definition) is 1. The zero-order valence-corrected chi connectivity index (χ0v) is 16.1. The number of halogens is 2. The number of ether oxygens (including phenoxy) is 1. The third-order valence-corrected chi connectivity index (χ3v) is 5.32. The van der Waals surface area contributed by atoms with E-state index in [1.165, 1.54) is 13.2 Å². The second-order valence-corrected chi connectivity index (χ2v) is 7.44. The highest BCUT2D eigenvalue weighted by molar-refractivity contribution is 9.10. The van der Waals surface area contributed by atoms with Gasteiger partial charge in [0.15, 0.2) is 11.6 Å². The number of nitrogens with zero attached hydrogens (tertiary/aromatic N) is 1. The molecule has 1 N–H and O–H groups in total. The SMILES string of the molecule is COc1ccc(C(c2cccc(Br)c2)N2CCCC(C(=O)O)C2)cc1F. The zero-order chi connectivity index (χ0) is 18.7. The summed E-state index contributed by atoms with van der Waals surface area (Å²) in [5.41, 5.74) is 1.78. The molecule has 1 heterocycles. The summed E-state index contributed by atoms with van der Waals surface area (Å²) in [5, 5.41) is 9.42. The summed E-state index contributed by atoms with van der Waals surface area (Å²) in [6.45, 7) is 1.22. The summed E-state index contributed by atoms with van der Waals surface area (Å²) in [6.07, 6.45) is 1.48. The molecule has 0 bridgehead atoms. The van der Waals surface area contributed by atoms with Crippen molar-refractivity contribution in [3.63, 3.8) is 0 Å². The van der Waals surface area contributed by atoms with E-state index in [1.54, 1.807) is 6.07 Å². The fourth-order valence-electron chi connectivity index (χ4n) is 3.59. The molecule has 6 heteroatoms. The Morgan fingerprint density at radius 1 is 1.31 bits per heavy atom. The summed E-state index contributed by atoms with van der Waals surface area (Å²) in [7, 11) is 1.44. The topological polar surface area (TPSA) is 49.8 Å². The van der Waals surface area contributed by atoms with Crippen molar-refractivity contribution in [2.45, 2.75) is 18.9 Å². The van der Waals surface area contributed by atoms with Gasteiger partial charge in [-0.25, -0.2) is 4.39 Å². The van der Waals surface area contributed by atoms with Crippen LogP contribution in [-0.2, 0) is 4.79 Å². The number of likely N-dealkylation sites (tertiary alicyclic amines) is 1. The number of methoxy groups -OCH3 is 1. The lowest BCUT2D eigenvalue weighted by atomic mass is 9.91. The van der Waals surface area contributed by atoms with Crippen LogP contribution in [0.5, 0.6) is 5.75 Å². The van der Waals surface area contributed by atoms with Gasteiger partial charge in [0.05, 0.1) is 19.1 Å². The molecule has 2 unspecified atom stereocenters. The Bertz CT molecular complexity index is 798. The van der Waals surface area contributed by atoms with Crippen molar-refractivity contribution < 1.29 is 19.0 Å². The predicted molar refractivity (Wildman–Crippen MR) is 101 cm³/mol. The number of benzene rings is 2. The van der Waals surface area contributed by atoms with Gasteiger partial charge in [0.2, 0.25) is 0 Å². The molecule has 0 amide bonds. The Hall–Kier alpha value is -1.92. The van der Waals surface area contributed by atoms with Crippen molar-refractivity contribution in [1.82, 2.24) is 4.90 Å². The van der Waals surface area contributed by atoms with E-state index in [2.05, 4.69) is 20.8 Å². The monoisotopic (exact) mass is 421 g/mol. The molecule has 4 nitrogen and oxygen atoms in total. The molecule has 138 valence electrons. The van der Waals surface area contributed by atoms with Crippen LogP contribution in [0.15, 0.2) is 46.9 Å². The van der Waals surface area contributed by atoms with Crippen LogP contribution in [0.1, 0.15) is 30.0 Å². The van der Waals surface area contributed by atoms with E-state index in [9.17, 15) is 14.3 Å². The molecule has 1 fully saturated rings. The smallest absolute Gasteiger partial charge is 0.307 e. The van der Waals surface area contributed by atoms with E-state index < -0.39 is 17.7 Å². The van der Waals surface area contributed by atoms with E-state index in [4.69, 9.17) is 4.74 Å². The quantitative estimate of drug-likeness (QED) is 0.772. The van der Waals surface area contributed by atoms with E-state index in [0.717, 1.165) is 28.6 Å². The fourth-order valence-corrected chi connectivity index (χ4v) is 4.00. The molecule has 1 aliphatic heterocycles. The van der Waals surface area contributed by atoms with Crippen LogP contribution in [-0.4, -0.2) is 36.2 Å². The van der Waals surface area contributed by atoms with Crippen LogP contribution >= 0.6 is 15.9 Å². The normalized spacial score (nSPS) is 19.1. The molecule has 3 rings (SSSR count). The van der Waals surface area contributed by atoms with Crippen LogP contribution in [0.4, 0.5) is 4.39 Å². The molecule has 0 saturated carbocycles. The Morgan fingerprint density at radius 3 is 2.73 bits per heavy atom. The number of carboxylic acid groups (broad SMARTS) is 1. The number of aliphatic carboxylic acids is 1. The van der Waals surface area contributed by atoms with E-state index in [-0.39, 0.29) is 11.8 Å². The van der Waals surface area contributed by atoms with Gasteiger partial charge in [0, 0.05) is 11.0 Å². The van der Waals surface area contributed by atoms with Gasteiger partial charge >= 0.3 is 5.97 Å². The Morgan fingerprint density at radius 2 is 2.08 bits per heavy atom. The highest BCUT2D eigenvalue weighted by Crippen LogP contribution is 2.35. The average Bonchev–Trinajstić information content (AvgIpc) is 2.62. The van der Waals surface area contributed by atoms with Crippen molar-refractivity contribution in [2.24, 2.45) is 5.92 Å². The van der Waals surface area contributed by atoms with Crippen LogP contribution in [0.25, 0.3) is 0 Å². The number of rotatable bonds is 5. The molecular weight excluding hydrogens is 401 g/mol. The summed E-state index contributed by atoms with van der Waals surface area (Å²) in [6, 6.07) is 12.6. The Labute approximate surface area is 160 Å². The summed E-state index contributed by atoms with van der Waals surface area (Å²) < 4.78 is 20.3. The van der Waals surface area contributed by atoms with Crippen molar-refractivity contribution in [3.8, 4) is 5.75 Å². The number of carboxylic acids is 1. The molecule has 1 saturated heterocycles. The van der Waals surface area contributed by atoms with E-state index >= 15 is 0 Å². The molecule has 2 atom stereocenters. The van der Waals surface area contributed by atoms with Crippen molar-refractivity contribution in [1.29, 1.82) is 0 Å².